The molecule has 4 rings (SSSR count). The van der Waals surface area contributed by atoms with E-state index >= 15 is 0 Å². The summed E-state index contributed by atoms with van der Waals surface area (Å²) in [5, 5.41) is 11.7. The average molecular weight is 418 g/mol. The molecule has 152 valence electrons. The van der Waals surface area contributed by atoms with Crippen molar-refractivity contribution < 1.29 is 9.53 Å². The molecule has 0 spiro atoms. The third kappa shape index (κ3) is 4.24. The number of ketones is 1. The highest BCUT2D eigenvalue weighted by atomic mass is 32.2. The highest BCUT2D eigenvalue weighted by Crippen LogP contribution is 2.28. The van der Waals surface area contributed by atoms with Crippen LogP contribution in [-0.2, 0) is 13.2 Å². The van der Waals surface area contributed by atoms with Crippen molar-refractivity contribution >= 4 is 28.3 Å². The summed E-state index contributed by atoms with van der Waals surface area (Å²) in [6, 6.07) is 21.6. The molecule has 5 nitrogen and oxygen atoms in total. The van der Waals surface area contributed by atoms with Gasteiger partial charge in [-0.2, -0.15) is 0 Å². The molecule has 0 bridgehead atoms. The van der Waals surface area contributed by atoms with Crippen LogP contribution in [0.4, 0.5) is 0 Å². The zero-order valence-corrected chi connectivity index (χ0v) is 17.9. The Morgan fingerprint density at radius 1 is 1.00 bits per heavy atom. The van der Waals surface area contributed by atoms with E-state index in [1.807, 2.05) is 60.0 Å². The number of benzene rings is 3. The highest BCUT2D eigenvalue weighted by molar-refractivity contribution is 7.99. The van der Waals surface area contributed by atoms with E-state index in [4.69, 9.17) is 4.74 Å². The summed E-state index contributed by atoms with van der Waals surface area (Å²) in [6.45, 7) is 5.15. The van der Waals surface area contributed by atoms with Crippen LogP contribution in [0.5, 0.6) is 5.75 Å². The van der Waals surface area contributed by atoms with E-state index in [0.717, 1.165) is 22.3 Å². The minimum Gasteiger partial charge on any atom is -0.485 e. The summed E-state index contributed by atoms with van der Waals surface area (Å²) in [4.78, 5) is 12.4. The van der Waals surface area contributed by atoms with Crippen molar-refractivity contribution in [2.75, 3.05) is 5.75 Å². The van der Waals surface area contributed by atoms with Crippen LogP contribution in [-0.4, -0.2) is 26.3 Å². The van der Waals surface area contributed by atoms with Crippen LogP contribution in [0, 0.1) is 6.92 Å². The average Bonchev–Trinajstić information content (AvgIpc) is 3.19. The Labute approximate surface area is 180 Å². The molecule has 0 atom stereocenters. The van der Waals surface area contributed by atoms with E-state index in [1.54, 1.807) is 0 Å². The van der Waals surface area contributed by atoms with Crippen LogP contribution in [0.15, 0.2) is 71.9 Å². The molecule has 3 aromatic carbocycles. The van der Waals surface area contributed by atoms with Crippen LogP contribution in [0.1, 0.15) is 28.7 Å². The fraction of sp³-hybridized carbons (Fsp3) is 0.208. The van der Waals surface area contributed by atoms with Crippen LogP contribution in [0.3, 0.4) is 0 Å². The van der Waals surface area contributed by atoms with Gasteiger partial charge in [-0.25, -0.2) is 0 Å². The lowest BCUT2D eigenvalue weighted by Crippen LogP contribution is -2.08. The molecule has 0 amide bonds. The number of hydrogen-bond acceptors (Lipinski definition) is 5. The van der Waals surface area contributed by atoms with E-state index in [1.165, 1.54) is 22.5 Å². The second-order valence-electron chi connectivity index (χ2n) is 6.92. The number of aromatic nitrogens is 3. The summed E-state index contributed by atoms with van der Waals surface area (Å²) >= 11 is 1.41. The number of carbonyl (C=O) groups excluding carboxylic acids is 1. The SMILES string of the molecule is CCn1c(COc2ccc3ccccc3c2C)nnc1SCC(=O)c1ccccc1. The van der Waals surface area contributed by atoms with Gasteiger partial charge in [0, 0.05) is 12.1 Å². The number of Topliss-reactive ketones (excluding diaryl/α,β-unsaturated/α-hetero) is 1. The Morgan fingerprint density at radius 3 is 2.57 bits per heavy atom. The summed E-state index contributed by atoms with van der Waals surface area (Å²) in [6.07, 6.45) is 0. The maximum Gasteiger partial charge on any atom is 0.191 e. The van der Waals surface area contributed by atoms with Crippen molar-refractivity contribution in [3.05, 3.63) is 83.7 Å². The van der Waals surface area contributed by atoms with E-state index in [9.17, 15) is 4.79 Å². The van der Waals surface area contributed by atoms with E-state index in [-0.39, 0.29) is 5.78 Å². The van der Waals surface area contributed by atoms with Gasteiger partial charge in [-0.15, -0.1) is 10.2 Å². The third-order valence-corrected chi connectivity index (χ3v) is 6.01. The molecule has 30 heavy (non-hydrogen) atoms. The number of ether oxygens (including phenoxy) is 1. The molecule has 0 N–H and O–H groups in total. The standard InChI is InChI=1S/C24H23N3O2S/c1-3-27-23(15-29-22-14-13-18-9-7-8-12-20(18)17(22)2)25-26-24(27)30-16-21(28)19-10-5-4-6-11-19/h4-14H,3,15-16H2,1-2H3. The molecule has 0 aliphatic rings. The van der Waals surface area contributed by atoms with Gasteiger partial charge < -0.3 is 9.30 Å². The summed E-state index contributed by atoms with van der Waals surface area (Å²) < 4.78 is 8.08. The predicted molar refractivity (Wildman–Crippen MR) is 120 cm³/mol. The zero-order chi connectivity index (χ0) is 20.9. The Morgan fingerprint density at radius 2 is 1.77 bits per heavy atom. The molecule has 1 heterocycles. The Bertz CT molecular complexity index is 1170. The molecule has 0 saturated heterocycles. The van der Waals surface area contributed by atoms with Crippen LogP contribution in [0.25, 0.3) is 10.8 Å². The molecular weight excluding hydrogens is 394 g/mol. The largest absolute Gasteiger partial charge is 0.485 e. The number of carbonyl (C=O) groups is 1. The lowest BCUT2D eigenvalue weighted by Gasteiger charge is -2.12. The van der Waals surface area contributed by atoms with Gasteiger partial charge in [0.05, 0.1) is 5.75 Å². The Hall–Kier alpha value is -3.12. The minimum absolute atomic E-state index is 0.0795. The molecule has 6 heteroatoms. The molecular formula is C24H23N3O2S. The van der Waals surface area contributed by atoms with Gasteiger partial charge in [-0.1, -0.05) is 72.4 Å². The summed E-state index contributed by atoms with van der Waals surface area (Å²) in [7, 11) is 0. The first-order chi connectivity index (χ1) is 14.7. The van der Waals surface area contributed by atoms with Crippen molar-refractivity contribution in [1.82, 2.24) is 14.8 Å². The van der Waals surface area contributed by atoms with Gasteiger partial charge in [0.1, 0.15) is 12.4 Å². The lowest BCUT2D eigenvalue weighted by atomic mass is 10.0. The Balaban J connectivity index is 1.45. The zero-order valence-electron chi connectivity index (χ0n) is 17.0. The summed E-state index contributed by atoms with van der Waals surface area (Å²) in [5.41, 5.74) is 1.82. The first kappa shape index (κ1) is 20.2. The van der Waals surface area contributed by atoms with Gasteiger partial charge in [0.2, 0.25) is 0 Å². The molecule has 0 fully saturated rings. The molecule has 0 aliphatic heterocycles. The first-order valence-electron chi connectivity index (χ1n) is 9.91. The highest BCUT2D eigenvalue weighted by Gasteiger charge is 2.15. The number of nitrogens with zero attached hydrogens (tertiary/aromatic N) is 3. The van der Waals surface area contributed by atoms with Crippen molar-refractivity contribution in [2.45, 2.75) is 32.2 Å². The summed E-state index contributed by atoms with van der Waals surface area (Å²) in [5.74, 6) is 2.00. The fourth-order valence-electron chi connectivity index (χ4n) is 3.39. The molecule has 0 aliphatic carbocycles. The maximum absolute atomic E-state index is 12.4. The van der Waals surface area contributed by atoms with Gasteiger partial charge in [0.25, 0.3) is 0 Å². The molecule has 0 unspecified atom stereocenters. The molecule has 0 saturated carbocycles. The number of thioether (sulfide) groups is 1. The van der Waals surface area contributed by atoms with Crippen molar-refractivity contribution in [3.63, 3.8) is 0 Å². The quantitative estimate of drug-likeness (QED) is 0.287. The van der Waals surface area contributed by atoms with Crippen LogP contribution >= 0.6 is 11.8 Å². The van der Waals surface area contributed by atoms with Gasteiger partial charge in [0.15, 0.2) is 16.8 Å². The second kappa shape index (κ2) is 9.13. The maximum atomic E-state index is 12.4. The smallest absolute Gasteiger partial charge is 0.191 e. The Kier molecular flexibility index (Phi) is 6.14. The molecule has 0 radical (unpaired) electrons. The molecule has 1 aromatic heterocycles. The first-order valence-corrected chi connectivity index (χ1v) is 10.9. The van der Waals surface area contributed by atoms with E-state index < -0.39 is 0 Å². The normalized spacial score (nSPS) is 11.0. The number of aryl methyl sites for hydroxylation is 1. The monoisotopic (exact) mass is 417 g/mol. The number of rotatable bonds is 8. The number of fused-ring (bicyclic) bond motifs is 1. The minimum atomic E-state index is 0.0795. The topological polar surface area (TPSA) is 57.0 Å². The van der Waals surface area contributed by atoms with Gasteiger partial charge in [-0.3, -0.25) is 4.79 Å². The molecule has 4 aromatic rings. The van der Waals surface area contributed by atoms with Crippen molar-refractivity contribution in [2.24, 2.45) is 0 Å². The number of hydrogen-bond donors (Lipinski definition) is 0. The third-order valence-electron chi connectivity index (χ3n) is 5.04. The van der Waals surface area contributed by atoms with Crippen LogP contribution in [0.2, 0.25) is 0 Å². The van der Waals surface area contributed by atoms with Gasteiger partial charge >= 0.3 is 0 Å². The van der Waals surface area contributed by atoms with Crippen molar-refractivity contribution in [3.8, 4) is 5.75 Å². The van der Waals surface area contributed by atoms with Gasteiger partial charge in [-0.05, 0) is 36.2 Å². The lowest BCUT2D eigenvalue weighted by molar-refractivity contribution is 0.102. The predicted octanol–water partition coefficient (Wildman–Crippen LogP) is 5.31. The van der Waals surface area contributed by atoms with Crippen LogP contribution < -0.4 is 4.74 Å². The van der Waals surface area contributed by atoms with E-state index in [2.05, 4.69) is 35.3 Å². The second-order valence-corrected chi connectivity index (χ2v) is 7.86. The van der Waals surface area contributed by atoms with E-state index in [0.29, 0.717) is 24.5 Å². The fourth-order valence-corrected chi connectivity index (χ4v) is 4.31. The van der Waals surface area contributed by atoms with Crippen molar-refractivity contribution in [1.29, 1.82) is 0 Å².